The van der Waals surface area contributed by atoms with Gasteiger partial charge in [-0.25, -0.2) is 4.98 Å². The number of anilines is 2. The van der Waals surface area contributed by atoms with Gasteiger partial charge in [-0.15, -0.1) is 0 Å². The molecule has 0 bridgehead atoms. The van der Waals surface area contributed by atoms with E-state index in [1.165, 1.54) is 0 Å². The van der Waals surface area contributed by atoms with E-state index in [1.807, 2.05) is 12.1 Å². The molecule has 1 aromatic carbocycles. The first-order valence-corrected chi connectivity index (χ1v) is 14.5. The second-order valence-electron chi connectivity index (χ2n) is 11.5. The first-order chi connectivity index (χ1) is 20.3. The molecule has 1 N–H and O–H groups in total. The maximum atomic E-state index is 13.2. The normalized spacial score (nSPS) is 23.7. The minimum Gasteiger partial charge on any atom is -0.427 e. The minimum absolute atomic E-state index is 0.0978. The quantitative estimate of drug-likeness (QED) is 0.383. The van der Waals surface area contributed by atoms with Crippen LogP contribution in [0.3, 0.4) is 0 Å². The van der Waals surface area contributed by atoms with Crippen LogP contribution in [0.2, 0.25) is 0 Å². The van der Waals surface area contributed by atoms with Crippen LogP contribution < -0.4 is 19.9 Å². The number of rotatable bonds is 7. The summed E-state index contributed by atoms with van der Waals surface area (Å²) in [5, 5.41) is 2.23. The number of piperazine rings is 1. The van der Waals surface area contributed by atoms with E-state index >= 15 is 0 Å². The SMILES string of the molecule is C[C@H]1CN(c2ccc3c(c2)C(=O)N(C2CCC(=O)NC2=O)C3=O)CCN1CC1CCN(c2ccc(OC=O)cn2)CC1. The lowest BCUT2D eigenvalue weighted by atomic mass is 9.95. The van der Waals surface area contributed by atoms with E-state index < -0.39 is 23.8 Å². The molecule has 1 aromatic heterocycles. The predicted molar refractivity (Wildman–Crippen MR) is 152 cm³/mol. The highest BCUT2D eigenvalue weighted by Crippen LogP contribution is 2.32. The van der Waals surface area contributed by atoms with Gasteiger partial charge in [-0.05, 0) is 62.4 Å². The Morgan fingerprint density at radius 2 is 1.74 bits per heavy atom. The van der Waals surface area contributed by atoms with E-state index in [4.69, 9.17) is 4.74 Å². The Kier molecular flexibility index (Phi) is 7.63. The van der Waals surface area contributed by atoms with Crippen molar-refractivity contribution in [2.45, 2.75) is 44.7 Å². The van der Waals surface area contributed by atoms with E-state index in [2.05, 4.69) is 31.9 Å². The third-order valence-corrected chi connectivity index (χ3v) is 8.89. The monoisotopic (exact) mass is 574 g/mol. The van der Waals surface area contributed by atoms with Crippen molar-refractivity contribution in [3.05, 3.63) is 47.7 Å². The summed E-state index contributed by atoms with van der Waals surface area (Å²) in [6.45, 7) is 8.01. The number of pyridine rings is 1. The zero-order valence-corrected chi connectivity index (χ0v) is 23.5. The molecule has 1 unspecified atom stereocenters. The number of nitrogens with one attached hydrogen (secondary N) is 1. The maximum absolute atomic E-state index is 13.2. The highest BCUT2D eigenvalue weighted by atomic mass is 16.5. The average molecular weight is 575 g/mol. The smallest absolute Gasteiger partial charge is 0.298 e. The molecule has 0 spiro atoms. The molecule has 2 aromatic rings. The Balaban J connectivity index is 1.03. The Morgan fingerprint density at radius 1 is 0.952 bits per heavy atom. The number of piperidine rings is 2. The summed E-state index contributed by atoms with van der Waals surface area (Å²) in [5.41, 5.74) is 1.49. The first kappa shape index (κ1) is 27.8. The number of fused-ring (bicyclic) bond motifs is 1. The van der Waals surface area contributed by atoms with Gasteiger partial charge in [-0.2, -0.15) is 0 Å². The van der Waals surface area contributed by atoms with Crippen molar-refractivity contribution in [1.29, 1.82) is 0 Å². The molecule has 5 heterocycles. The molecule has 4 aliphatic rings. The van der Waals surface area contributed by atoms with Crippen LogP contribution in [0.4, 0.5) is 11.5 Å². The van der Waals surface area contributed by atoms with Gasteiger partial charge in [0.05, 0.1) is 17.3 Å². The molecule has 3 saturated heterocycles. The summed E-state index contributed by atoms with van der Waals surface area (Å²) < 4.78 is 4.83. The average Bonchev–Trinajstić information content (AvgIpc) is 3.24. The number of aromatic nitrogens is 1. The van der Waals surface area contributed by atoms with E-state index in [0.29, 0.717) is 35.3 Å². The molecular formula is C30H34N6O6. The lowest BCUT2D eigenvalue weighted by Gasteiger charge is -2.43. The zero-order chi connectivity index (χ0) is 29.4. The first-order valence-electron chi connectivity index (χ1n) is 14.5. The van der Waals surface area contributed by atoms with Crippen LogP contribution in [0, 0.1) is 5.92 Å². The highest BCUT2D eigenvalue weighted by Gasteiger charge is 2.45. The Morgan fingerprint density at radius 3 is 2.43 bits per heavy atom. The van der Waals surface area contributed by atoms with Gasteiger partial charge in [-0.1, -0.05) is 0 Å². The number of hydrogen-bond donors (Lipinski definition) is 1. The summed E-state index contributed by atoms with van der Waals surface area (Å²) in [6, 6.07) is 8.32. The van der Waals surface area contributed by atoms with E-state index in [1.54, 1.807) is 24.4 Å². The molecule has 12 nitrogen and oxygen atoms in total. The van der Waals surface area contributed by atoms with Gasteiger partial charge in [0.1, 0.15) is 17.6 Å². The summed E-state index contributed by atoms with van der Waals surface area (Å²) in [6.07, 6.45) is 3.96. The molecular weight excluding hydrogens is 540 g/mol. The van der Waals surface area contributed by atoms with Crippen LogP contribution in [0.15, 0.2) is 36.5 Å². The topological polar surface area (TPSA) is 132 Å². The van der Waals surface area contributed by atoms with Crippen molar-refractivity contribution >= 4 is 41.6 Å². The second kappa shape index (κ2) is 11.5. The van der Waals surface area contributed by atoms with Crippen LogP contribution in [0.5, 0.6) is 5.75 Å². The molecule has 4 aliphatic heterocycles. The van der Waals surface area contributed by atoms with Gasteiger partial charge in [0.25, 0.3) is 18.3 Å². The van der Waals surface area contributed by atoms with Crippen LogP contribution in [-0.2, 0) is 14.4 Å². The molecule has 4 amide bonds. The van der Waals surface area contributed by atoms with Crippen LogP contribution >= 0.6 is 0 Å². The molecule has 2 atom stereocenters. The Bertz CT molecular complexity index is 1410. The fourth-order valence-corrected chi connectivity index (χ4v) is 6.52. The number of benzene rings is 1. The van der Waals surface area contributed by atoms with Crippen LogP contribution in [-0.4, -0.2) is 96.2 Å². The zero-order valence-electron chi connectivity index (χ0n) is 23.5. The lowest BCUT2D eigenvalue weighted by molar-refractivity contribution is -0.136. The molecule has 12 heteroatoms. The van der Waals surface area contributed by atoms with Gasteiger partial charge in [-0.3, -0.25) is 39.1 Å². The van der Waals surface area contributed by atoms with E-state index in [-0.39, 0.29) is 18.7 Å². The van der Waals surface area contributed by atoms with E-state index in [0.717, 1.165) is 68.5 Å². The van der Waals surface area contributed by atoms with Crippen molar-refractivity contribution in [2.75, 3.05) is 49.1 Å². The largest absolute Gasteiger partial charge is 0.427 e. The van der Waals surface area contributed by atoms with Gasteiger partial charge in [0, 0.05) is 57.4 Å². The minimum atomic E-state index is -0.964. The summed E-state index contributed by atoms with van der Waals surface area (Å²) in [4.78, 5) is 73.2. The number of hydrogen-bond acceptors (Lipinski definition) is 10. The van der Waals surface area contributed by atoms with Crippen molar-refractivity contribution in [3.63, 3.8) is 0 Å². The Hall–Kier alpha value is -4.32. The number of carbonyl (C=O) groups is 5. The molecule has 0 saturated carbocycles. The van der Waals surface area contributed by atoms with Crippen LogP contribution in [0.25, 0.3) is 0 Å². The van der Waals surface area contributed by atoms with Crippen molar-refractivity contribution in [2.24, 2.45) is 5.92 Å². The maximum Gasteiger partial charge on any atom is 0.298 e. The van der Waals surface area contributed by atoms with Gasteiger partial charge >= 0.3 is 0 Å². The molecule has 6 rings (SSSR count). The van der Waals surface area contributed by atoms with Gasteiger partial charge < -0.3 is 14.5 Å². The van der Waals surface area contributed by atoms with Crippen molar-refractivity contribution in [1.82, 2.24) is 20.1 Å². The Labute approximate surface area is 243 Å². The fourth-order valence-electron chi connectivity index (χ4n) is 6.52. The summed E-state index contributed by atoms with van der Waals surface area (Å²) in [7, 11) is 0. The van der Waals surface area contributed by atoms with E-state index in [9.17, 15) is 24.0 Å². The summed E-state index contributed by atoms with van der Waals surface area (Å²) >= 11 is 0. The number of ether oxygens (including phenoxy) is 1. The van der Waals surface area contributed by atoms with Gasteiger partial charge in [0.2, 0.25) is 11.8 Å². The lowest BCUT2D eigenvalue weighted by Crippen LogP contribution is -2.54. The molecule has 3 fully saturated rings. The standard InChI is InChI=1S/C30H34N6O6/c1-19-16-35(13-12-34(19)17-20-8-10-33(11-9-20)26-6-3-22(15-31-26)42-18-37)21-2-4-23-24(14-21)30(41)36(29(23)40)25-5-7-27(38)32-28(25)39/h2-4,6,14-15,18-20,25H,5,7-13,16-17H2,1H3,(H,32,38,39)/t19-,25?/m0/s1. The third-order valence-electron chi connectivity index (χ3n) is 8.89. The number of imide groups is 2. The summed E-state index contributed by atoms with van der Waals surface area (Å²) in [5.74, 6) is -0.0392. The molecule has 220 valence electrons. The molecule has 0 aliphatic carbocycles. The number of nitrogens with zero attached hydrogens (tertiary/aromatic N) is 5. The van der Waals surface area contributed by atoms with Gasteiger partial charge in [0.15, 0.2) is 0 Å². The molecule has 0 radical (unpaired) electrons. The molecule has 42 heavy (non-hydrogen) atoms. The fraction of sp³-hybridized carbons (Fsp3) is 0.467. The van der Waals surface area contributed by atoms with Crippen molar-refractivity contribution < 1.29 is 28.7 Å². The highest BCUT2D eigenvalue weighted by molar-refractivity contribution is 6.23. The number of carbonyl (C=O) groups excluding carboxylic acids is 5. The second-order valence-corrected chi connectivity index (χ2v) is 11.5. The van der Waals surface area contributed by atoms with Crippen LogP contribution in [0.1, 0.15) is 53.3 Å². The predicted octanol–water partition coefficient (Wildman–Crippen LogP) is 1.45. The number of amides is 4. The third kappa shape index (κ3) is 5.34. The van der Waals surface area contributed by atoms with Crippen molar-refractivity contribution in [3.8, 4) is 5.75 Å².